The van der Waals surface area contributed by atoms with Crippen LogP contribution in [-0.4, -0.2) is 47.1 Å². The zero-order valence-electron chi connectivity index (χ0n) is 12.5. The summed E-state index contributed by atoms with van der Waals surface area (Å²) in [7, 11) is 0. The normalized spacial score (nSPS) is 33.4. The van der Waals surface area contributed by atoms with E-state index in [1.54, 1.807) is 0 Å². The highest BCUT2D eigenvalue weighted by molar-refractivity contribution is 5.82. The Balaban J connectivity index is 1.60. The maximum Gasteiger partial charge on any atom is 0.229 e. The summed E-state index contributed by atoms with van der Waals surface area (Å²) in [6.45, 7) is 1.73. The van der Waals surface area contributed by atoms with E-state index in [0.717, 1.165) is 5.56 Å². The van der Waals surface area contributed by atoms with Gasteiger partial charge in [0.05, 0.1) is 31.3 Å². The van der Waals surface area contributed by atoms with Gasteiger partial charge >= 0.3 is 0 Å². The SMILES string of the molecule is O=C1[C@H]2CCC3(C[C@H]([C@H]2O)N1Cc1ccccc1)OCCO3. The van der Waals surface area contributed by atoms with Gasteiger partial charge in [-0.1, -0.05) is 30.3 Å². The summed E-state index contributed by atoms with van der Waals surface area (Å²) >= 11 is 0. The average molecular weight is 303 g/mol. The molecule has 4 rings (SSSR count). The summed E-state index contributed by atoms with van der Waals surface area (Å²) < 4.78 is 11.6. The lowest BCUT2D eigenvalue weighted by Crippen LogP contribution is -2.44. The number of aliphatic hydroxyl groups excluding tert-OH is 1. The van der Waals surface area contributed by atoms with E-state index in [2.05, 4.69) is 0 Å². The molecule has 2 bridgehead atoms. The van der Waals surface area contributed by atoms with Crippen LogP contribution in [-0.2, 0) is 20.8 Å². The largest absolute Gasteiger partial charge is 0.390 e. The van der Waals surface area contributed by atoms with Crippen molar-refractivity contribution in [2.75, 3.05) is 13.2 Å². The summed E-state index contributed by atoms with van der Waals surface area (Å²) in [6.07, 6.45) is 1.25. The molecule has 0 aromatic heterocycles. The highest BCUT2D eigenvalue weighted by Gasteiger charge is 2.55. The highest BCUT2D eigenvalue weighted by Crippen LogP contribution is 2.43. The third-order valence-electron chi connectivity index (χ3n) is 5.17. The van der Waals surface area contributed by atoms with E-state index in [4.69, 9.17) is 9.47 Å². The van der Waals surface area contributed by atoms with Crippen LogP contribution in [0.25, 0.3) is 0 Å². The molecule has 1 saturated carbocycles. The third-order valence-corrected chi connectivity index (χ3v) is 5.17. The van der Waals surface area contributed by atoms with Crippen LogP contribution in [0, 0.1) is 5.92 Å². The van der Waals surface area contributed by atoms with Crippen LogP contribution in [0.5, 0.6) is 0 Å². The number of amides is 1. The van der Waals surface area contributed by atoms with Crippen molar-refractivity contribution in [1.29, 1.82) is 0 Å². The third kappa shape index (κ3) is 2.24. The smallest absolute Gasteiger partial charge is 0.229 e. The Morgan fingerprint density at radius 2 is 1.95 bits per heavy atom. The first-order chi connectivity index (χ1) is 10.7. The molecule has 1 amide bonds. The van der Waals surface area contributed by atoms with Crippen molar-refractivity contribution in [2.24, 2.45) is 5.92 Å². The van der Waals surface area contributed by atoms with E-state index in [9.17, 15) is 9.90 Å². The Morgan fingerprint density at radius 3 is 2.68 bits per heavy atom. The number of benzene rings is 1. The quantitative estimate of drug-likeness (QED) is 0.895. The number of fused-ring (bicyclic) bond motifs is 2. The number of aliphatic hydroxyl groups is 1. The Morgan fingerprint density at radius 1 is 1.23 bits per heavy atom. The van der Waals surface area contributed by atoms with Crippen molar-refractivity contribution in [1.82, 2.24) is 4.90 Å². The van der Waals surface area contributed by atoms with Crippen LogP contribution >= 0.6 is 0 Å². The van der Waals surface area contributed by atoms with Crippen LogP contribution < -0.4 is 0 Å². The minimum atomic E-state index is -0.622. The minimum absolute atomic E-state index is 0.0641. The van der Waals surface area contributed by atoms with Gasteiger partial charge in [0.1, 0.15) is 0 Å². The molecule has 2 heterocycles. The van der Waals surface area contributed by atoms with E-state index in [-0.39, 0.29) is 17.9 Å². The van der Waals surface area contributed by atoms with Crippen LogP contribution in [0.15, 0.2) is 30.3 Å². The molecule has 0 radical (unpaired) electrons. The predicted octanol–water partition coefficient (Wildman–Crippen LogP) is 1.30. The molecule has 1 aromatic carbocycles. The van der Waals surface area contributed by atoms with Gasteiger partial charge in [0, 0.05) is 19.4 Å². The van der Waals surface area contributed by atoms with Crippen molar-refractivity contribution in [2.45, 2.75) is 43.7 Å². The van der Waals surface area contributed by atoms with Gasteiger partial charge in [0.2, 0.25) is 5.91 Å². The molecule has 3 atom stereocenters. The van der Waals surface area contributed by atoms with Crippen molar-refractivity contribution in [3.63, 3.8) is 0 Å². The van der Waals surface area contributed by atoms with E-state index < -0.39 is 11.9 Å². The summed E-state index contributed by atoms with van der Waals surface area (Å²) in [5.74, 6) is -0.856. The topological polar surface area (TPSA) is 59.0 Å². The minimum Gasteiger partial charge on any atom is -0.390 e. The molecule has 5 nitrogen and oxygen atoms in total. The maximum absolute atomic E-state index is 12.6. The number of ether oxygens (including phenoxy) is 2. The lowest BCUT2D eigenvalue weighted by Gasteiger charge is -2.34. The second-order valence-electron chi connectivity index (χ2n) is 6.47. The average Bonchev–Trinajstić information content (AvgIpc) is 3.02. The van der Waals surface area contributed by atoms with Gasteiger partial charge in [-0.2, -0.15) is 0 Å². The molecule has 2 saturated heterocycles. The number of nitrogens with zero attached hydrogens (tertiary/aromatic N) is 1. The summed E-state index contributed by atoms with van der Waals surface area (Å²) in [6, 6.07) is 9.69. The molecule has 3 fully saturated rings. The zero-order chi connectivity index (χ0) is 15.2. The van der Waals surface area contributed by atoms with Crippen LogP contribution in [0.4, 0.5) is 0 Å². The second-order valence-corrected chi connectivity index (χ2v) is 6.47. The van der Waals surface area contributed by atoms with E-state index >= 15 is 0 Å². The van der Waals surface area contributed by atoms with Crippen LogP contribution in [0.3, 0.4) is 0 Å². The van der Waals surface area contributed by atoms with Crippen molar-refractivity contribution in [3.8, 4) is 0 Å². The predicted molar refractivity (Wildman–Crippen MR) is 78.8 cm³/mol. The molecule has 1 spiro atoms. The first-order valence-corrected chi connectivity index (χ1v) is 7.99. The molecule has 5 heteroatoms. The van der Waals surface area contributed by atoms with Gasteiger partial charge in [0.15, 0.2) is 5.79 Å². The van der Waals surface area contributed by atoms with Gasteiger partial charge in [-0.25, -0.2) is 0 Å². The molecular weight excluding hydrogens is 282 g/mol. The fraction of sp³-hybridized carbons (Fsp3) is 0.588. The number of rotatable bonds is 2. The number of carbonyl (C=O) groups is 1. The number of hydrogen-bond donors (Lipinski definition) is 1. The van der Waals surface area contributed by atoms with E-state index in [1.165, 1.54) is 0 Å². The van der Waals surface area contributed by atoms with Gasteiger partial charge in [-0.05, 0) is 12.0 Å². The molecule has 22 heavy (non-hydrogen) atoms. The Kier molecular flexibility index (Phi) is 3.44. The number of carbonyl (C=O) groups excluding carboxylic acids is 1. The highest BCUT2D eigenvalue weighted by atomic mass is 16.7. The molecule has 1 N–H and O–H groups in total. The van der Waals surface area contributed by atoms with Crippen LogP contribution in [0.1, 0.15) is 24.8 Å². The monoisotopic (exact) mass is 303 g/mol. The Labute approximate surface area is 129 Å². The van der Waals surface area contributed by atoms with Crippen molar-refractivity contribution >= 4 is 5.91 Å². The summed E-state index contributed by atoms with van der Waals surface area (Å²) in [4.78, 5) is 14.5. The first kappa shape index (κ1) is 14.2. The fourth-order valence-electron chi connectivity index (χ4n) is 4.03. The van der Waals surface area contributed by atoms with E-state index in [1.807, 2.05) is 35.2 Å². The Hall–Kier alpha value is -1.43. The molecule has 1 aromatic rings. The molecule has 0 unspecified atom stereocenters. The molecule has 2 aliphatic heterocycles. The molecule has 1 aliphatic carbocycles. The van der Waals surface area contributed by atoms with Gasteiger partial charge < -0.3 is 19.5 Å². The van der Waals surface area contributed by atoms with Crippen molar-refractivity contribution < 1.29 is 19.4 Å². The molecule has 118 valence electrons. The number of likely N-dealkylation sites (tertiary alicyclic amines) is 1. The summed E-state index contributed by atoms with van der Waals surface area (Å²) in [5.41, 5.74) is 1.08. The van der Waals surface area contributed by atoms with Gasteiger partial charge in [-0.3, -0.25) is 4.79 Å². The van der Waals surface area contributed by atoms with Crippen LogP contribution in [0.2, 0.25) is 0 Å². The summed E-state index contributed by atoms with van der Waals surface area (Å²) in [5, 5.41) is 10.6. The van der Waals surface area contributed by atoms with E-state index in [0.29, 0.717) is 39.0 Å². The second kappa shape index (κ2) is 5.33. The molecule has 3 aliphatic rings. The van der Waals surface area contributed by atoms with Crippen molar-refractivity contribution in [3.05, 3.63) is 35.9 Å². The standard InChI is InChI=1S/C17H21NO4/c19-15-13-6-7-17(21-8-9-22-17)10-14(15)18(16(13)20)11-12-4-2-1-3-5-12/h1-5,13-15,19H,6-11H2/t13-,14+,15-/m0/s1. The first-order valence-electron chi connectivity index (χ1n) is 7.99. The lowest BCUT2D eigenvalue weighted by molar-refractivity contribution is -0.179. The Bertz CT molecular complexity index is 555. The van der Waals surface area contributed by atoms with Gasteiger partial charge in [-0.15, -0.1) is 0 Å². The fourth-order valence-corrected chi connectivity index (χ4v) is 4.03. The zero-order valence-corrected chi connectivity index (χ0v) is 12.5. The molecular formula is C17H21NO4. The number of hydrogen-bond acceptors (Lipinski definition) is 4. The maximum atomic E-state index is 12.6. The van der Waals surface area contributed by atoms with Gasteiger partial charge in [0.25, 0.3) is 0 Å². The lowest BCUT2D eigenvalue weighted by atomic mass is 9.99.